The highest BCUT2D eigenvalue weighted by Gasteiger charge is 2.45. The SMILES string of the molecule is COCCNC(=O)c1ccc(NC(=O)C2(c3ccccc3)CCC2)cc1Cl. The molecule has 1 aliphatic rings. The highest BCUT2D eigenvalue weighted by atomic mass is 35.5. The van der Waals surface area contributed by atoms with Crippen molar-refractivity contribution in [3.8, 4) is 0 Å². The van der Waals surface area contributed by atoms with Crippen LogP contribution in [0.3, 0.4) is 0 Å². The van der Waals surface area contributed by atoms with Crippen LogP contribution in [0.25, 0.3) is 0 Å². The molecule has 3 rings (SSSR count). The zero-order chi connectivity index (χ0) is 19.3. The number of carbonyl (C=O) groups is 2. The van der Waals surface area contributed by atoms with Gasteiger partial charge in [-0.05, 0) is 36.6 Å². The average molecular weight is 387 g/mol. The molecule has 1 saturated carbocycles. The van der Waals surface area contributed by atoms with E-state index < -0.39 is 5.41 Å². The Balaban J connectivity index is 1.71. The molecule has 0 bridgehead atoms. The van der Waals surface area contributed by atoms with E-state index in [1.807, 2.05) is 30.3 Å². The van der Waals surface area contributed by atoms with Gasteiger partial charge in [0, 0.05) is 19.3 Å². The van der Waals surface area contributed by atoms with Gasteiger partial charge in [0.2, 0.25) is 5.91 Å². The second kappa shape index (κ2) is 8.55. The third kappa shape index (κ3) is 4.15. The minimum Gasteiger partial charge on any atom is -0.383 e. The van der Waals surface area contributed by atoms with Crippen molar-refractivity contribution in [2.75, 3.05) is 25.6 Å². The number of rotatable bonds is 7. The fraction of sp³-hybridized carbons (Fsp3) is 0.333. The minimum absolute atomic E-state index is 0.0340. The van der Waals surface area contributed by atoms with Gasteiger partial charge < -0.3 is 15.4 Å². The van der Waals surface area contributed by atoms with Crippen LogP contribution in [0.4, 0.5) is 5.69 Å². The van der Waals surface area contributed by atoms with Crippen molar-refractivity contribution in [2.45, 2.75) is 24.7 Å². The van der Waals surface area contributed by atoms with Gasteiger partial charge in [-0.2, -0.15) is 0 Å². The van der Waals surface area contributed by atoms with Gasteiger partial charge in [0.1, 0.15) is 0 Å². The first-order valence-corrected chi connectivity index (χ1v) is 9.38. The van der Waals surface area contributed by atoms with Crippen molar-refractivity contribution in [2.24, 2.45) is 0 Å². The molecule has 2 aromatic rings. The number of carbonyl (C=O) groups excluding carboxylic acids is 2. The Morgan fingerprint density at radius 3 is 2.48 bits per heavy atom. The van der Waals surface area contributed by atoms with Crippen molar-refractivity contribution < 1.29 is 14.3 Å². The smallest absolute Gasteiger partial charge is 0.252 e. The molecule has 27 heavy (non-hydrogen) atoms. The quantitative estimate of drug-likeness (QED) is 0.711. The lowest BCUT2D eigenvalue weighted by molar-refractivity contribution is -0.124. The van der Waals surface area contributed by atoms with Crippen molar-refractivity contribution in [3.05, 3.63) is 64.7 Å². The largest absolute Gasteiger partial charge is 0.383 e. The Hall–Kier alpha value is -2.37. The molecule has 2 N–H and O–H groups in total. The van der Waals surface area contributed by atoms with Gasteiger partial charge >= 0.3 is 0 Å². The third-order valence-electron chi connectivity index (χ3n) is 5.03. The molecule has 0 heterocycles. The molecule has 2 aromatic carbocycles. The summed E-state index contributed by atoms with van der Waals surface area (Å²) in [5, 5.41) is 5.99. The maximum atomic E-state index is 13.0. The van der Waals surface area contributed by atoms with E-state index >= 15 is 0 Å². The number of methoxy groups -OCH3 is 1. The summed E-state index contributed by atoms with van der Waals surface area (Å²) in [4.78, 5) is 25.1. The van der Waals surface area contributed by atoms with E-state index in [1.165, 1.54) is 0 Å². The van der Waals surface area contributed by atoms with Gasteiger partial charge in [-0.15, -0.1) is 0 Å². The first kappa shape index (κ1) is 19.4. The van der Waals surface area contributed by atoms with Crippen LogP contribution >= 0.6 is 11.6 Å². The second-order valence-electron chi connectivity index (χ2n) is 6.70. The molecule has 1 fully saturated rings. The van der Waals surface area contributed by atoms with Crippen LogP contribution in [0.15, 0.2) is 48.5 Å². The lowest BCUT2D eigenvalue weighted by Crippen LogP contribution is -2.46. The first-order valence-electron chi connectivity index (χ1n) is 9.00. The summed E-state index contributed by atoms with van der Waals surface area (Å²) < 4.78 is 4.91. The van der Waals surface area contributed by atoms with Crippen LogP contribution in [0.1, 0.15) is 35.2 Å². The first-order chi connectivity index (χ1) is 13.1. The topological polar surface area (TPSA) is 67.4 Å². The van der Waals surface area contributed by atoms with Gasteiger partial charge in [-0.1, -0.05) is 48.4 Å². The van der Waals surface area contributed by atoms with Crippen molar-refractivity contribution in [3.63, 3.8) is 0 Å². The summed E-state index contributed by atoms with van der Waals surface area (Å²) in [5.41, 5.74) is 1.51. The van der Waals surface area contributed by atoms with Crippen molar-refractivity contribution in [1.82, 2.24) is 5.32 Å². The fourth-order valence-electron chi connectivity index (χ4n) is 3.32. The molecule has 0 radical (unpaired) electrons. The normalized spacial score (nSPS) is 14.9. The van der Waals surface area contributed by atoms with Crippen LogP contribution in [-0.4, -0.2) is 32.1 Å². The molecule has 0 aliphatic heterocycles. The van der Waals surface area contributed by atoms with E-state index in [-0.39, 0.29) is 11.8 Å². The maximum Gasteiger partial charge on any atom is 0.252 e. The van der Waals surface area contributed by atoms with Gasteiger partial charge in [-0.3, -0.25) is 9.59 Å². The molecule has 2 amide bonds. The highest BCUT2D eigenvalue weighted by molar-refractivity contribution is 6.34. The Labute approximate surface area is 164 Å². The Morgan fingerprint density at radius 1 is 1.15 bits per heavy atom. The predicted octanol–water partition coefficient (Wildman–Crippen LogP) is 3.78. The molecule has 0 unspecified atom stereocenters. The van der Waals surface area contributed by atoms with Crippen molar-refractivity contribution >= 4 is 29.1 Å². The number of hydrogen-bond acceptors (Lipinski definition) is 3. The summed E-state index contributed by atoms with van der Waals surface area (Å²) in [5.74, 6) is -0.303. The summed E-state index contributed by atoms with van der Waals surface area (Å²) in [7, 11) is 1.57. The van der Waals surface area contributed by atoms with Crippen LogP contribution in [0.5, 0.6) is 0 Å². The lowest BCUT2D eigenvalue weighted by Gasteiger charge is -2.40. The zero-order valence-electron chi connectivity index (χ0n) is 15.3. The molecule has 1 aliphatic carbocycles. The maximum absolute atomic E-state index is 13.0. The average Bonchev–Trinajstić information content (AvgIpc) is 2.62. The van der Waals surface area contributed by atoms with Gasteiger partial charge in [-0.25, -0.2) is 0 Å². The molecule has 142 valence electrons. The van der Waals surface area contributed by atoms with E-state index in [0.29, 0.717) is 29.4 Å². The second-order valence-corrected chi connectivity index (χ2v) is 7.11. The monoisotopic (exact) mass is 386 g/mol. The molecular formula is C21H23ClN2O3. The van der Waals surface area contributed by atoms with E-state index in [0.717, 1.165) is 24.8 Å². The fourth-order valence-corrected chi connectivity index (χ4v) is 3.59. The molecule has 0 aromatic heterocycles. The molecular weight excluding hydrogens is 364 g/mol. The van der Waals surface area contributed by atoms with Crippen LogP contribution in [0.2, 0.25) is 5.02 Å². The lowest BCUT2D eigenvalue weighted by atomic mass is 9.64. The van der Waals surface area contributed by atoms with Crippen LogP contribution in [-0.2, 0) is 14.9 Å². The van der Waals surface area contributed by atoms with Crippen molar-refractivity contribution in [1.29, 1.82) is 0 Å². The molecule has 6 heteroatoms. The van der Waals surface area contributed by atoms with Gasteiger partial charge in [0.25, 0.3) is 5.91 Å². The minimum atomic E-state index is -0.482. The molecule has 5 nitrogen and oxygen atoms in total. The third-order valence-corrected chi connectivity index (χ3v) is 5.34. The highest BCUT2D eigenvalue weighted by Crippen LogP contribution is 2.44. The van der Waals surface area contributed by atoms with E-state index in [1.54, 1.807) is 25.3 Å². The van der Waals surface area contributed by atoms with Crippen LogP contribution in [0, 0.1) is 0 Å². The summed E-state index contributed by atoms with van der Waals surface area (Å²) in [6.07, 6.45) is 2.69. The molecule has 0 spiro atoms. The summed E-state index contributed by atoms with van der Waals surface area (Å²) >= 11 is 6.26. The number of amides is 2. The summed E-state index contributed by atoms with van der Waals surface area (Å²) in [6, 6.07) is 14.8. The van der Waals surface area contributed by atoms with E-state index in [9.17, 15) is 9.59 Å². The Kier molecular flexibility index (Phi) is 6.14. The standard InChI is InChI=1S/C21H23ClN2O3/c1-27-13-12-23-19(25)17-9-8-16(14-18(17)22)24-20(26)21(10-5-11-21)15-6-3-2-4-7-15/h2-4,6-9,14H,5,10-13H2,1H3,(H,23,25)(H,24,26). The molecule has 0 atom stereocenters. The van der Waals surface area contributed by atoms with E-state index in [4.69, 9.17) is 16.3 Å². The number of ether oxygens (including phenoxy) is 1. The number of anilines is 1. The Bertz CT molecular complexity index is 819. The number of halogens is 1. The number of nitrogens with one attached hydrogen (secondary N) is 2. The van der Waals surface area contributed by atoms with Crippen LogP contribution < -0.4 is 10.6 Å². The summed E-state index contributed by atoms with van der Waals surface area (Å²) in [6.45, 7) is 0.836. The van der Waals surface area contributed by atoms with Gasteiger partial charge in [0.05, 0.1) is 22.6 Å². The predicted molar refractivity (Wildman–Crippen MR) is 106 cm³/mol. The number of benzene rings is 2. The molecule has 0 saturated heterocycles. The van der Waals surface area contributed by atoms with E-state index in [2.05, 4.69) is 10.6 Å². The Morgan fingerprint density at radius 2 is 1.89 bits per heavy atom. The zero-order valence-corrected chi connectivity index (χ0v) is 16.0. The van der Waals surface area contributed by atoms with Gasteiger partial charge in [0.15, 0.2) is 0 Å². The number of hydrogen-bond donors (Lipinski definition) is 2.